The summed E-state index contributed by atoms with van der Waals surface area (Å²) in [6.45, 7) is 2.40. The molecule has 0 radical (unpaired) electrons. The lowest BCUT2D eigenvalue weighted by Crippen LogP contribution is -2.25. The standard InChI is InChI=1S/C20H24F3N5O.HI/c21-20(22,23)29-17-7-5-16(6-8-17)27-19(24)26-14-15-9-10-25-18(13-15)28-11-3-1-2-4-12-28;/h5-10,13H,1-4,11-12,14H2,(H3,24,26,27);1H. The van der Waals surface area contributed by atoms with E-state index in [1.807, 2.05) is 12.1 Å². The van der Waals surface area contributed by atoms with Gasteiger partial charge in [-0.2, -0.15) is 0 Å². The van der Waals surface area contributed by atoms with Gasteiger partial charge in [-0.15, -0.1) is 37.1 Å². The van der Waals surface area contributed by atoms with E-state index in [0.717, 1.165) is 24.5 Å². The Morgan fingerprint density at radius 2 is 1.77 bits per heavy atom. The van der Waals surface area contributed by atoms with Gasteiger partial charge in [0.1, 0.15) is 11.6 Å². The quantitative estimate of drug-likeness (QED) is 0.324. The maximum absolute atomic E-state index is 12.2. The predicted octanol–water partition coefficient (Wildman–Crippen LogP) is 4.91. The molecule has 1 fully saturated rings. The van der Waals surface area contributed by atoms with Gasteiger partial charge in [-0.05, 0) is 54.8 Å². The van der Waals surface area contributed by atoms with Crippen LogP contribution < -0.4 is 20.7 Å². The first-order valence-corrected chi connectivity index (χ1v) is 9.52. The molecule has 3 rings (SSSR count). The third-order valence-corrected chi connectivity index (χ3v) is 4.53. The second kappa shape index (κ2) is 11.2. The van der Waals surface area contributed by atoms with Crippen LogP contribution in [0.3, 0.4) is 0 Å². The first kappa shape index (κ1) is 24.0. The van der Waals surface area contributed by atoms with Gasteiger partial charge in [0.05, 0.1) is 6.54 Å². The maximum atomic E-state index is 12.2. The summed E-state index contributed by atoms with van der Waals surface area (Å²) in [5.74, 6) is 0.824. The van der Waals surface area contributed by atoms with Crippen molar-refractivity contribution < 1.29 is 17.9 Å². The number of rotatable bonds is 5. The number of nitrogens with one attached hydrogen (secondary N) is 1. The number of alkyl halides is 3. The van der Waals surface area contributed by atoms with E-state index in [1.165, 1.54) is 49.9 Å². The smallest absolute Gasteiger partial charge is 0.406 e. The van der Waals surface area contributed by atoms with Crippen LogP contribution in [0.1, 0.15) is 31.2 Å². The number of ether oxygens (including phenoxy) is 1. The molecular formula is C20H25F3IN5O. The molecule has 0 spiro atoms. The highest BCUT2D eigenvalue weighted by Gasteiger charge is 2.30. The van der Waals surface area contributed by atoms with Crippen molar-refractivity contribution in [3.63, 3.8) is 0 Å². The first-order chi connectivity index (χ1) is 13.9. The second-order valence-electron chi connectivity index (χ2n) is 6.82. The summed E-state index contributed by atoms with van der Waals surface area (Å²) < 4.78 is 40.4. The molecule has 0 amide bonds. The minimum atomic E-state index is -4.72. The van der Waals surface area contributed by atoms with Gasteiger partial charge in [-0.1, -0.05) is 12.8 Å². The Morgan fingerprint density at radius 1 is 1.10 bits per heavy atom. The first-order valence-electron chi connectivity index (χ1n) is 9.52. The Labute approximate surface area is 190 Å². The van der Waals surface area contributed by atoms with E-state index < -0.39 is 6.36 Å². The average Bonchev–Trinajstić information content (AvgIpc) is 2.97. The molecule has 30 heavy (non-hydrogen) atoms. The minimum Gasteiger partial charge on any atom is -0.406 e. The largest absolute Gasteiger partial charge is 0.573 e. The van der Waals surface area contributed by atoms with E-state index in [4.69, 9.17) is 5.73 Å². The number of halogens is 4. The lowest BCUT2D eigenvalue weighted by atomic mass is 10.2. The number of guanidine groups is 1. The number of aliphatic imine (C=N–C) groups is 1. The predicted molar refractivity (Wildman–Crippen MR) is 122 cm³/mol. The lowest BCUT2D eigenvalue weighted by Gasteiger charge is -2.21. The molecule has 2 aromatic rings. The fourth-order valence-corrected chi connectivity index (χ4v) is 3.14. The SMILES string of the molecule is I.NC(=NCc1ccnc(N2CCCCCC2)c1)Nc1ccc(OC(F)(F)F)cc1. The third-order valence-electron chi connectivity index (χ3n) is 4.53. The van der Waals surface area contributed by atoms with Crippen molar-refractivity contribution in [3.05, 3.63) is 48.2 Å². The maximum Gasteiger partial charge on any atom is 0.573 e. The number of hydrogen-bond donors (Lipinski definition) is 2. The molecule has 1 aliphatic heterocycles. The number of aromatic nitrogens is 1. The molecule has 2 heterocycles. The van der Waals surface area contributed by atoms with Gasteiger partial charge >= 0.3 is 6.36 Å². The molecule has 1 aromatic heterocycles. The minimum absolute atomic E-state index is 0. The van der Waals surface area contributed by atoms with Crippen LogP contribution >= 0.6 is 24.0 Å². The van der Waals surface area contributed by atoms with Crippen LogP contribution in [0.5, 0.6) is 5.75 Å². The van der Waals surface area contributed by atoms with E-state index >= 15 is 0 Å². The van der Waals surface area contributed by atoms with Crippen LogP contribution in [0.2, 0.25) is 0 Å². The highest BCUT2D eigenvalue weighted by molar-refractivity contribution is 14.0. The summed E-state index contributed by atoms with van der Waals surface area (Å²) in [7, 11) is 0. The highest BCUT2D eigenvalue weighted by Crippen LogP contribution is 2.24. The molecule has 10 heteroatoms. The summed E-state index contributed by atoms with van der Waals surface area (Å²) in [5, 5.41) is 2.85. The number of benzene rings is 1. The van der Waals surface area contributed by atoms with Gasteiger partial charge in [-0.25, -0.2) is 9.98 Å². The second-order valence-corrected chi connectivity index (χ2v) is 6.82. The molecule has 0 bridgehead atoms. The molecule has 1 saturated heterocycles. The zero-order valence-corrected chi connectivity index (χ0v) is 18.7. The Balaban J connectivity index is 0.00000320. The summed E-state index contributed by atoms with van der Waals surface area (Å²) in [4.78, 5) is 11.1. The highest BCUT2D eigenvalue weighted by atomic mass is 127. The number of pyridine rings is 1. The van der Waals surface area contributed by atoms with Crippen molar-refractivity contribution in [2.75, 3.05) is 23.3 Å². The van der Waals surface area contributed by atoms with Gasteiger partial charge in [0.2, 0.25) is 0 Å². The van der Waals surface area contributed by atoms with E-state index in [1.54, 1.807) is 6.20 Å². The molecule has 3 N–H and O–H groups in total. The normalized spacial score (nSPS) is 15.2. The fraction of sp³-hybridized carbons (Fsp3) is 0.400. The van der Waals surface area contributed by atoms with Crippen molar-refractivity contribution in [1.29, 1.82) is 0 Å². The topological polar surface area (TPSA) is 75.8 Å². The van der Waals surface area contributed by atoms with E-state index in [9.17, 15) is 13.2 Å². The molecule has 164 valence electrons. The number of hydrogen-bond acceptors (Lipinski definition) is 4. The Hall–Kier alpha value is -2.24. The Morgan fingerprint density at radius 3 is 2.40 bits per heavy atom. The van der Waals surface area contributed by atoms with Gasteiger partial charge in [0.25, 0.3) is 0 Å². The van der Waals surface area contributed by atoms with Crippen molar-refractivity contribution >= 4 is 41.4 Å². The van der Waals surface area contributed by atoms with Gasteiger partial charge in [-0.3, -0.25) is 0 Å². The van der Waals surface area contributed by atoms with Crippen LogP contribution in [0.4, 0.5) is 24.7 Å². The monoisotopic (exact) mass is 535 g/mol. The van der Waals surface area contributed by atoms with Crippen molar-refractivity contribution in [3.8, 4) is 5.75 Å². The molecule has 0 unspecified atom stereocenters. The third kappa shape index (κ3) is 7.88. The van der Waals surface area contributed by atoms with Crippen molar-refractivity contribution in [2.45, 2.75) is 38.6 Å². The van der Waals surface area contributed by atoms with Crippen LogP contribution in [0.15, 0.2) is 47.6 Å². The van der Waals surface area contributed by atoms with Crippen LogP contribution in [0.25, 0.3) is 0 Å². The van der Waals surface area contributed by atoms with Crippen molar-refractivity contribution in [2.24, 2.45) is 10.7 Å². The lowest BCUT2D eigenvalue weighted by molar-refractivity contribution is -0.274. The molecular weight excluding hydrogens is 510 g/mol. The number of nitrogens with two attached hydrogens (primary N) is 1. The molecule has 0 saturated carbocycles. The van der Waals surface area contributed by atoms with Crippen LogP contribution in [-0.4, -0.2) is 30.4 Å². The van der Waals surface area contributed by atoms with E-state index in [0.29, 0.717) is 12.2 Å². The van der Waals surface area contributed by atoms with E-state index in [-0.39, 0.29) is 35.7 Å². The number of nitrogens with zero attached hydrogens (tertiary/aromatic N) is 3. The van der Waals surface area contributed by atoms with Crippen molar-refractivity contribution in [1.82, 2.24) is 4.98 Å². The molecule has 6 nitrogen and oxygen atoms in total. The molecule has 1 aliphatic rings. The molecule has 0 atom stereocenters. The zero-order chi connectivity index (χ0) is 20.7. The van der Waals surface area contributed by atoms with Crippen LogP contribution in [-0.2, 0) is 6.54 Å². The Bertz CT molecular complexity index is 822. The Kier molecular flexibility index (Phi) is 9.00. The number of anilines is 2. The molecule has 1 aromatic carbocycles. The van der Waals surface area contributed by atoms with Gasteiger partial charge < -0.3 is 20.7 Å². The zero-order valence-electron chi connectivity index (χ0n) is 16.4. The average molecular weight is 535 g/mol. The van der Waals surface area contributed by atoms with E-state index in [2.05, 4.69) is 24.9 Å². The van der Waals surface area contributed by atoms with Crippen LogP contribution in [0, 0.1) is 0 Å². The summed E-state index contributed by atoms with van der Waals surface area (Å²) >= 11 is 0. The summed E-state index contributed by atoms with van der Waals surface area (Å²) in [6, 6.07) is 9.20. The van der Waals surface area contributed by atoms with Gasteiger partial charge in [0, 0.05) is 25.0 Å². The fourth-order valence-electron chi connectivity index (χ4n) is 3.14. The van der Waals surface area contributed by atoms with Gasteiger partial charge in [0.15, 0.2) is 5.96 Å². The summed E-state index contributed by atoms with van der Waals surface area (Å²) in [6.07, 6.45) is 1.92. The molecule has 0 aliphatic carbocycles. The summed E-state index contributed by atoms with van der Waals surface area (Å²) in [5.41, 5.74) is 7.40.